The number of benzene rings is 2. The van der Waals surface area contributed by atoms with E-state index in [2.05, 4.69) is 10.1 Å². The number of ether oxygens (including phenoxy) is 1. The summed E-state index contributed by atoms with van der Waals surface area (Å²) in [5, 5.41) is 3.62. The molecular formula is C19H18ClNO3. The van der Waals surface area contributed by atoms with Gasteiger partial charge in [-0.25, -0.2) is 4.79 Å². The quantitative estimate of drug-likeness (QED) is 0.847. The molecule has 1 aliphatic carbocycles. The van der Waals surface area contributed by atoms with Crippen molar-refractivity contribution < 1.29 is 14.3 Å². The maximum Gasteiger partial charge on any atom is 0.337 e. The molecule has 0 aromatic heterocycles. The summed E-state index contributed by atoms with van der Waals surface area (Å²) in [5.41, 5.74) is 1.60. The highest BCUT2D eigenvalue weighted by Crippen LogP contribution is 2.44. The van der Waals surface area contributed by atoms with Gasteiger partial charge >= 0.3 is 5.97 Å². The molecule has 0 radical (unpaired) electrons. The Morgan fingerprint density at radius 1 is 1.04 bits per heavy atom. The highest BCUT2D eigenvalue weighted by molar-refractivity contribution is 6.30. The maximum atomic E-state index is 12.8. The van der Waals surface area contributed by atoms with Gasteiger partial charge in [-0.3, -0.25) is 4.79 Å². The molecule has 4 nitrogen and oxygen atoms in total. The number of hydrogen-bond acceptors (Lipinski definition) is 3. The summed E-state index contributed by atoms with van der Waals surface area (Å²) in [7, 11) is 1.34. The van der Waals surface area contributed by atoms with E-state index in [1.807, 2.05) is 24.3 Å². The first kappa shape index (κ1) is 16.5. The Labute approximate surface area is 145 Å². The fraction of sp³-hybridized carbons (Fsp3) is 0.263. The molecule has 1 aliphatic rings. The molecule has 0 atom stereocenters. The van der Waals surface area contributed by atoms with Crippen LogP contribution in [0.25, 0.3) is 0 Å². The van der Waals surface area contributed by atoms with Crippen molar-refractivity contribution in [2.45, 2.75) is 24.7 Å². The van der Waals surface area contributed by atoms with E-state index < -0.39 is 11.4 Å². The number of methoxy groups -OCH3 is 1. The summed E-state index contributed by atoms with van der Waals surface area (Å²) in [4.78, 5) is 24.3. The molecule has 0 bridgehead atoms. The second kappa shape index (κ2) is 6.65. The summed E-state index contributed by atoms with van der Waals surface area (Å²) >= 11 is 5.95. The Bertz CT molecular complexity index is 749. The number of amides is 1. The van der Waals surface area contributed by atoms with Crippen LogP contribution in [-0.4, -0.2) is 19.0 Å². The standard InChI is InChI=1S/C19H18ClNO3/c1-24-17(22)13-3-9-16(10-4-13)21-18(23)19(11-2-12-19)14-5-7-15(20)8-6-14/h3-10H,2,11-12H2,1H3,(H,21,23). The predicted molar refractivity (Wildman–Crippen MR) is 93.4 cm³/mol. The molecule has 0 unspecified atom stereocenters. The molecule has 1 saturated carbocycles. The second-order valence-corrected chi connectivity index (χ2v) is 6.40. The molecule has 5 heteroatoms. The molecule has 0 heterocycles. The Morgan fingerprint density at radius 2 is 1.67 bits per heavy atom. The van der Waals surface area contributed by atoms with Gasteiger partial charge in [0.05, 0.1) is 18.1 Å². The monoisotopic (exact) mass is 343 g/mol. The topological polar surface area (TPSA) is 55.4 Å². The molecule has 124 valence electrons. The number of hydrogen-bond donors (Lipinski definition) is 1. The van der Waals surface area contributed by atoms with Gasteiger partial charge in [-0.05, 0) is 54.8 Å². The lowest BCUT2D eigenvalue weighted by atomic mass is 9.64. The minimum absolute atomic E-state index is 0.0260. The number of carbonyl (C=O) groups is 2. The molecule has 2 aromatic rings. The molecule has 24 heavy (non-hydrogen) atoms. The zero-order chi connectivity index (χ0) is 17.2. The smallest absolute Gasteiger partial charge is 0.337 e. The Kier molecular flexibility index (Phi) is 4.58. The van der Waals surface area contributed by atoms with Crippen molar-refractivity contribution in [1.82, 2.24) is 0 Å². The van der Waals surface area contributed by atoms with E-state index in [1.54, 1.807) is 24.3 Å². The summed E-state index contributed by atoms with van der Waals surface area (Å²) in [6, 6.07) is 14.2. The van der Waals surface area contributed by atoms with Crippen LogP contribution < -0.4 is 5.32 Å². The van der Waals surface area contributed by atoms with Gasteiger partial charge in [-0.15, -0.1) is 0 Å². The summed E-state index contributed by atoms with van der Waals surface area (Å²) in [6.45, 7) is 0. The summed E-state index contributed by atoms with van der Waals surface area (Å²) in [5.74, 6) is -0.425. The van der Waals surface area contributed by atoms with Crippen molar-refractivity contribution in [2.75, 3.05) is 12.4 Å². The molecule has 1 fully saturated rings. The van der Waals surface area contributed by atoms with E-state index in [-0.39, 0.29) is 5.91 Å². The molecule has 2 aromatic carbocycles. The van der Waals surface area contributed by atoms with Gasteiger partial charge in [-0.2, -0.15) is 0 Å². The van der Waals surface area contributed by atoms with Crippen LogP contribution in [-0.2, 0) is 14.9 Å². The van der Waals surface area contributed by atoms with Crippen molar-refractivity contribution in [2.24, 2.45) is 0 Å². The number of halogens is 1. The van der Waals surface area contributed by atoms with E-state index in [4.69, 9.17) is 11.6 Å². The number of rotatable bonds is 4. The van der Waals surface area contributed by atoms with E-state index in [0.29, 0.717) is 16.3 Å². The van der Waals surface area contributed by atoms with Crippen LogP contribution in [0.15, 0.2) is 48.5 Å². The first-order chi connectivity index (χ1) is 11.5. The molecule has 1 amide bonds. The molecule has 0 aliphatic heterocycles. The lowest BCUT2D eigenvalue weighted by Gasteiger charge is -2.40. The van der Waals surface area contributed by atoms with E-state index >= 15 is 0 Å². The molecular weight excluding hydrogens is 326 g/mol. The third-order valence-corrected chi connectivity index (χ3v) is 4.85. The van der Waals surface area contributed by atoms with Gasteiger partial charge in [0.25, 0.3) is 0 Å². The number of carbonyl (C=O) groups excluding carboxylic acids is 2. The molecule has 0 spiro atoms. The number of nitrogens with one attached hydrogen (secondary N) is 1. The van der Waals surface area contributed by atoms with Gasteiger partial charge in [0.1, 0.15) is 0 Å². The number of anilines is 1. The minimum Gasteiger partial charge on any atom is -0.465 e. The molecule has 3 rings (SSSR count). The van der Waals surface area contributed by atoms with Crippen LogP contribution in [0.2, 0.25) is 5.02 Å². The van der Waals surface area contributed by atoms with Crippen LogP contribution in [0.5, 0.6) is 0 Å². The van der Waals surface area contributed by atoms with Gasteiger partial charge in [0.15, 0.2) is 0 Å². The predicted octanol–water partition coefficient (Wildman–Crippen LogP) is 4.19. The highest BCUT2D eigenvalue weighted by Gasteiger charge is 2.45. The van der Waals surface area contributed by atoms with Crippen LogP contribution >= 0.6 is 11.6 Å². The first-order valence-electron chi connectivity index (χ1n) is 7.81. The second-order valence-electron chi connectivity index (χ2n) is 5.97. The largest absolute Gasteiger partial charge is 0.465 e. The molecule has 1 N–H and O–H groups in total. The third kappa shape index (κ3) is 3.02. The van der Waals surface area contributed by atoms with Crippen LogP contribution in [0.1, 0.15) is 35.2 Å². The maximum absolute atomic E-state index is 12.8. The lowest BCUT2D eigenvalue weighted by Crippen LogP contribution is -2.46. The van der Waals surface area contributed by atoms with E-state index in [0.717, 1.165) is 24.8 Å². The Hall–Kier alpha value is -2.33. The van der Waals surface area contributed by atoms with Gasteiger partial charge in [-0.1, -0.05) is 30.2 Å². The van der Waals surface area contributed by atoms with E-state index in [1.165, 1.54) is 7.11 Å². The average molecular weight is 344 g/mol. The van der Waals surface area contributed by atoms with Gasteiger partial charge < -0.3 is 10.1 Å². The SMILES string of the molecule is COC(=O)c1ccc(NC(=O)C2(c3ccc(Cl)cc3)CCC2)cc1. The Balaban J connectivity index is 1.78. The van der Waals surface area contributed by atoms with Gasteiger partial charge in [0, 0.05) is 10.7 Å². The zero-order valence-electron chi connectivity index (χ0n) is 13.3. The minimum atomic E-state index is -0.494. The van der Waals surface area contributed by atoms with Crippen molar-refractivity contribution in [3.05, 3.63) is 64.7 Å². The summed E-state index contributed by atoms with van der Waals surface area (Å²) < 4.78 is 4.67. The number of esters is 1. The van der Waals surface area contributed by atoms with Gasteiger partial charge in [0.2, 0.25) is 5.91 Å². The highest BCUT2D eigenvalue weighted by atomic mass is 35.5. The van der Waals surface area contributed by atoms with Crippen molar-refractivity contribution >= 4 is 29.2 Å². The fourth-order valence-corrected chi connectivity index (χ4v) is 3.13. The summed E-state index contributed by atoms with van der Waals surface area (Å²) in [6.07, 6.45) is 2.67. The first-order valence-corrected chi connectivity index (χ1v) is 8.19. The lowest BCUT2D eigenvalue weighted by molar-refractivity contribution is -0.124. The average Bonchev–Trinajstić information content (AvgIpc) is 2.55. The zero-order valence-corrected chi connectivity index (χ0v) is 14.1. The van der Waals surface area contributed by atoms with Crippen LogP contribution in [0.4, 0.5) is 5.69 Å². The van der Waals surface area contributed by atoms with Crippen molar-refractivity contribution in [1.29, 1.82) is 0 Å². The normalized spacial score (nSPS) is 15.2. The molecule has 0 saturated heterocycles. The van der Waals surface area contributed by atoms with Crippen molar-refractivity contribution in [3.8, 4) is 0 Å². The third-order valence-electron chi connectivity index (χ3n) is 4.60. The van der Waals surface area contributed by atoms with Crippen LogP contribution in [0, 0.1) is 0 Å². The van der Waals surface area contributed by atoms with Crippen LogP contribution in [0.3, 0.4) is 0 Å². The van der Waals surface area contributed by atoms with E-state index in [9.17, 15) is 9.59 Å². The fourth-order valence-electron chi connectivity index (χ4n) is 3.00. The Morgan fingerprint density at radius 3 is 2.17 bits per heavy atom. The van der Waals surface area contributed by atoms with Crippen molar-refractivity contribution in [3.63, 3.8) is 0 Å².